The minimum atomic E-state index is -0.305. The minimum Gasteiger partial charge on any atom is -0.463 e. The second kappa shape index (κ2) is 11.4. The quantitative estimate of drug-likeness (QED) is 0.134. The van der Waals surface area contributed by atoms with Gasteiger partial charge in [0, 0.05) is 17.2 Å². The molecule has 0 atom stereocenters. The Morgan fingerprint density at radius 1 is 1.33 bits per heavy atom. The van der Waals surface area contributed by atoms with Crippen LogP contribution in [0.4, 0.5) is 0 Å². The van der Waals surface area contributed by atoms with Gasteiger partial charge in [0.2, 0.25) is 0 Å². The second-order valence-electron chi connectivity index (χ2n) is 3.32. The summed E-state index contributed by atoms with van der Waals surface area (Å²) in [6.45, 7) is 3.89. The third kappa shape index (κ3) is 12.8. The van der Waals surface area contributed by atoms with Gasteiger partial charge in [-0.15, -0.1) is 0 Å². The van der Waals surface area contributed by atoms with Crippen molar-refractivity contribution < 1.29 is 9.53 Å². The number of carbonyl (C=O) groups is 1. The molecule has 0 spiro atoms. The lowest BCUT2D eigenvalue weighted by Gasteiger charge is -2.02. The monoisotopic (exact) mass is 452 g/mol. The molecule has 0 aromatic heterocycles. The van der Waals surface area contributed by atoms with Crippen LogP contribution in [-0.2, 0) is 9.53 Å². The van der Waals surface area contributed by atoms with Gasteiger partial charge in [-0.1, -0.05) is 77.1 Å². The van der Waals surface area contributed by atoms with E-state index < -0.39 is 0 Å². The lowest BCUT2D eigenvalue weighted by Crippen LogP contribution is -2.02. The van der Waals surface area contributed by atoms with Crippen LogP contribution in [-0.4, -0.2) is 23.7 Å². The van der Waals surface area contributed by atoms with E-state index in [2.05, 4.69) is 51.8 Å². The molecule has 0 unspecified atom stereocenters. The van der Waals surface area contributed by atoms with Crippen LogP contribution in [0, 0.1) is 0 Å². The molecule has 0 saturated carbocycles. The number of rotatable bonds is 9. The van der Waals surface area contributed by atoms with Crippen LogP contribution >= 0.6 is 45.2 Å². The fourth-order valence-electron chi connectivity index (χ4n) is 1.16. The molecule has 0 rings (SSSR count). The Balaban J connectivity index is 3.05. The molecule has 5 heteroatoms. The molecule has 0 aromatic carbocycles. The number of unbranched alkanes of at least 4 members (excludes halogenated alkanes) is 3. The van der Waals surface area contributed by atoms with Crippen LogP contribution in [0.1, 0.15) is 25.7 Å². The zero-order valence-corrected chi connectivity index (χ0v) is 14.6. The van der Waals surface area contributed by atoms with E-state index in [1.165, 1.54) is 31.4 Å². The molecule has 88 valence electrons. The minimum absolute atomic E-state index is 0.165. The highest BCUT2D eigenvalue weighted by molar-refractivity contribution is 14.2. The van der Waals surface area contributed by atoms with E-state index in [1.807, 2.05) is 0 Å². The van der Waals surface area contributed by atoms with Gasteiger partial charge in [-0.25, -0.2) is 4.79 Å². The normalized spacial score (nSPS) is 11.1. The smallest absolute Gasteiger partial charge is 0.330 e. The van der Waals surface area contributed by atoms with Crippen LogP contribution in [0.25, 0.3) is 0 Å². The fraction of sp³-hybridized carbons (Fsp3) is 0.700. The van der Waals surface area contributed by atoms with Crippen LogP contribution in [0.3, 0.4) is 0 Å². The van der Waals surface area contributed by atoms with E-state index in [0.717, 1.165) is 7.98 Å². The van der Waals surface area contributed by atoms with Crippen molar-refractivity contribution in [2.45, 2.75) is 33.3 Å². The summed E-state index contributed by atoms with van der Waals surface area (Å²) in [6, 6.07) is 1.45. The highest BCUT2D eigenvalue weighted by atomic mass is 127. The summed E-state index contributed by atoms with van der Waals surface area (Å²) in [5, 5.41) is 0. The summed E-state index contributed by atoms with van der Waals surface area (Å²) in [5.74, 6) is -0.305. The number of alkyl halides is 2. The predicted molar refractivity (Wildman–Crippen MR) is 84.8 cm³/mol. The second-order valence-corrected chi connectivity index (χ2v) is 14.1. The maximum absolute atomic E-state index is 10.7. The Morgan fingerprint density at radius 2 is 2.00 bits per heavy atom. The topological polar surface area (TPSA) is 26.3 Å². The summed E-state index contributed by atoms with van der Waals surface area (Å²) in [4.78, 5) is 10.7. The molecule has 0 amide bonds. The average Bonchev–Trinajstić information content (AvgIpc) is 2.21. The molecule has 0 aliphatic heterocycles. The van der Waals surface area contributed by atoms with Crippen molar-refractivity contribution in [3.8, 4) is 0 Å². The maximum Gasteiger partial charge on any atom is 0.330 e. The predicted octanol–water partition coefficient (Wildman–Crippen LogP) is 3.02. The van der Waals surface area contributed by atoms with Crippen molar-refractivity contribution in [3.05, 3.63) is 12.7 Å². The largest absolute Gasteiger partial charge is 0.463 e. The third-order valence-electron chi connectivity index (χ3n) is 1.98. The van der Waals surface area contributed by atoms with E-state index in [9.17, 15) is 4.79 Å². The first-order valence-corrected chi connectivity index (χ1v) is 9.55. The first-order chi connectivity index (χ1) is 7.16. The number of halogens is 2. The van der Waals surface area contributed by atoms with Crippen molar-refractivity contribution in [3.63, 3.8) is 0 Å². The van der Waals surface area contributed by atoms with Crippen molar-refractivity contribution >= 4 is 60.7 Å². The van der Waals surface area contributed by atoms with E-state index in [1.54, 1.807) is 0 Å². The van der Waals surface area contributed by atoms with Crippen molar-refractivity contribution in [2.24, 2.45) is 0 Å². The fourth-order valence-corrected chi connectivity index (χ4v) is 4.76. The van der Waals surface area contributed by atoms with Gasteiger partial charge in [-0.05, 0) is 6.42 Å². The average molecular weight is 452 g/mol. The van der Waals surface area contributed by atoms with Crippen LogP contribution in [0.15, 0.2) is 12.7 Å². The Kier molecular flexibility index (Phi) is 12.0. The van der Waals surface area contributed by atoms with Crippen molar-refractivity contribution in [2.75, 3.05) is 6.61 Å². The van der Waals surface area contributed by atoms with Gasteiger partial charge >= 0.3 is 5.97 Å². The summed E-state index contributed by atoms with van der Waals surface area (Å²) in [7, 11) is 0.165. The third-order valence-corrected chi connectivity index (χ3v) is 7.06. The summed E-state index contributed by atoms with van der Waals surface area (Å²) in [5.41, 5.74) is 0. The highest BCUT2D eigenvalue weighted by Gasteiger charge is 1.98. The molecule has 0 aromatic rings. The number of ether oxygens (including phenoxy) is 1. The van der Waals surface area contributed by atoms with Crippen LogP contribution < -0.4 is 0 Å². The molecule has 0 radical (unpaired) electrons. The molecule has 0 N–H and O–H groups in total. The highest BCUT2D eigenvalue weighted by Crippen LogP contribution is 2.12. The first kappa shape index (κ1) is 15.9. The summed E-state index contributed by atoms with van der Waals surface area (Å²) < 4.78 is 5.78. The SMILES string of the molecule is C=CC(=O)OCCCCCC[SiH2]C(I)I. The van der Waals surface area contributed by atoms with Gasteiger partial charge in [0.1, 0.15) is 0 Å². The van der Waals surface area contributed by atoms with Crippen molar-refractivity contribution in [1.29, 1.82) is 0 Å². The molecule has 0 fully saturated rings. The number of hydrogen-bond donors (Lipinski definition) is 0. The molecule has 0 bridgehead atoms. The Labute approximate surface area is 122 Å². The van der Waals surface area contributed by atoms with E-state index >= 15 is 0 Å². The summed E-state index contributed by atoms with van der Waals surface area (Å²) in [6.07, 6.45) is 6.00. The lowest BCUT2D eigenvalue weighted by atomic mass is 10.2. The first-order valence-electron chi connectivity index (χ1n) is 5.24. The molecule has 0 aliphatic carbocycles. The van der Waals surface area contributed by atoms with Gasteiger partial charge in [0.25, 0.3) is 0 Å². The van der Waals surface area contributed by atoms with Crippen molar-refractivity contribution in [1.82, 2.24) is 0 Å². The zero-order chi connectivity index (χ0) is 11.5. The Morgan fingerprint density at radius 3 is 2.60 bits per heavy atom. The number of esters is 1. The van der Waals surface area contributed by atoms with Gasteiger partial charge in [-0.3, -0.25) is 0 Å². The zero-order valence-electron chi connectivity index (χ0n) is 8.88. The number of hydrogen-bond acceptors (Lipinski definition) is 2. The molecule has 0 saturated heterocycles. The van der Waals surface area contributed by atoms with E-state index in [4.69, 9.17) is 4.74 Å². The van der Waals surface area contributed by atoms with Crippen LogP contribution in [0.5, 0.6) is 0 Å². The van der Waals surface area contributed by atoms with E-state index in [-0.39, 0.29) is 15.5 Å². The maximum atomic E-state index is 10.7. The van der Waals surface area contributed by atoms with Gasteiger partial charge < -0.3 is 4.74 Å². The lowest BCUT2D eigenvalue weighted by molar-refractivity contribution is -0.137. The summed E-state index contributed by atoms with van der Waals surface area (Å²) >= 11 is 5.02. The molecular formula is C10H18I2O2Si. The molecule has 15 heavy (non-hydrogen) atoms. The molecule has 0 heterocycles. The molecule has 0 aliphatic rings. The Hall–Kier alpha value is 0.887. The van der Waals surface area contributed by atoms with Gasteiger partial charge in [0.15, 0.2) is 0 Å². The van der Waals surface area contributed by atoms with Gasteiger partial charge in [-0.2, -0.15) is 0 Å². The molecule has 2 nitrogen and oxygen atoms in total. The van der Waals surface area contributed by atoms with E-state index in [0.29, 0.717) is 6.61 Å². The van der Waals surface area contributed by atoms with Crippen LogP contribution in [0.2, 0.25) is 6.04 Å². The molecular weight excluding hydrogens is 434 g/mol. The Bertz CT molecular complexity index is 186. The number of carbonyl (C=O) groups excluding carboxylic acids is 1. The van der Waals surface area contributed by atoms with Gasteiger partial charge in [0.05, 0.1) is 6.61 Å². The standard InChI is InChI=1S/C10H18I2O2Si/c1-2-9(13)14-7-5-3-4-6-8-15-10(11)12/h2,10H,1,3-8,15H2.